The highest BCUT2D eigenvalue weighted by molar-refractivity contribution is 9.10. The van der Waals surface area contributed by atoms with E-state index in [4.69, 9.17) is 52.1 Å². The Morgan fingerprint density at radius 1 is 0.805 bits per heavy atom. The number of carbonyl (C=O) groups excluding carboxylic acids is 1. The third kappa shape index (κ3) is 7.89. The highest BCUT2D eigenvalue weighted by Gasteiger charge is 2.26. The van der Waals surface area contributed by atoms with E-state index in [-0.39, 0.29) is 5.56 Å². The number of amides is 1. The maximum atomic E-state index is 12.2. The first kappa shape index (κ1) is 33.0. The van der Waals surface area contributed by atoms with Gasteiger partial charge in [0.1, 0.15) is 12.2 Å². The number of fused-ring (bicyclic) bond motifs is 1. The quantitative estimate of drug-likeness (QED) is 0.198. The lowest BCUT2D eigenvalue weighted by Gasteiger charge is -2.16. The lowest BCUT2D eigenvalue weighted by atomic mass is 9.94. The highest BCUT2D eigenvalue weighted by Crippen LogP contribution is 2.36. The van der Waals surface area contributed by atoms with Gasteiger partial charge < -0.3 is 10.1 Å². The average Bonchev–Trinajstić information content (AvgIpc) is 2.94. The van der Waals surface area contributed by atoms with E-state index in [0.29, 0.717) is 48.0 Å². The molecule has 0 aliphatic heterocycles. The van der Waals surface area contributed by atoms with E-state index < -0.39 is 11.8 Å². The molecule has 6 nitrogen and oxygen atoms in total. The minimum absolute atomic E-state index is 0.359. The fourth-order valence-electron chi connectivity index (χ4n) is 3.84. The molecule has 5 aromatic rings. The Morgan fingerprint density at radius 2 is 1.37 bits per heavy atom. The topological polar surface area (TPSA) is 90.4 Å². The summed E-state index contributed by atoms with van der Waals surface area (Å²) in [5.41, 5.74) is 7.70. The van der Waals surface area contributed by atoms with Crippen molar-refractivity contribution in [1.82, 2.24) is 14.4 Å². The van der Waals surface area contributed by atoms with Crippen LogP contribution in [0.3, 0.4) is 0 Å². The predicted octanol–water partition coefficient (Wildman–Crippen LogP) is 9.23. The van der Waals surface area contributed by atoms with E-state index in [1.165, 1.54) is 6.33 Å². The third-order valence-corrected chi connectivity index (χ3v) is 7.77. The molecule has 0 bridgehead atoms. The molecule has 1 unspecified atom stereocenters. The maximum Gasteiger partial charge on any atom is 0.281 e. The van der Waals surface area contributed by atoms with E-state index in [2.05, 4.69) is 41.8 Å². The Balaban J connectivity index is 0.000000213. The second kappa shape index (κ2) is 15.1. The number of rotatable bonds is 4. The second-order valence-electron chi connectivity index (χ2n) is 8.03. The minimum atomic E-state index is -0.769. The molecule has 0 aliphatic rings. The molecule has 2 aromatic carbocycles. The molecule has 0 aliphatic carbocycles. The van der Waals surface area contributed by atoms with Gasteiger partial charge in [-0.15, -0.1) is 0 Å². The zero-order chi connectivity index (χ0) is 30.3. The van der Waals surface area contributed by atoms with Gasteiger partial charge in [0, 0.05) is 42.5 Å². The molecule has 41 heavy (non-hydrogen) atoms. The van der Waals surface area contributed by atoms with Crippen molar-refractivity contribution in [2.24, 2.45) is 5.73 Å². The summed E-state index contributed by atoms with van der Waals surface area (Å²) in [5.74, 6) is -1.32. The first-order valence-electron chi connectivity index (χ1n) is 12.0. The molecule has 1 amide bonds. The number of aromatic nitrogens is 3. The fourth-order valence-corrected chi connectivity index (χ4v) is 5.63. The van der Waals surface area contributed by atoms with Crippen LogP contribution in [0.5, 0.6) is 0 Å². The van der Waals surface area contributed by atoms with E-state index in [9.17, 15) is 9.59 Å². The smallest absolute Gasteiger partial charge is 0.281 e. The van der Waals surface area contributed by atoms with Crippen LogP contribution in [0.1, 0.15) is 31.0 Å². The van der Waals surface area contributed by atoms with Crippen LogP contribution in [0.25, 0.3) is 16.6 Å². The van der Waals surface area contributed by atoms with Crippen molar-refractivity contribution in [3.8, 4) is 11.1 Å². The molecule has 212 valence electrons. The van der Waals surface area contributed by atoms with Gasteiger partial charge in [-0.05, 0) is 80.4 Å². The fraction of sp³-hybridized carbons (Fsp3) is 0.103. The molecule has 5 rings (SSSR count). The van der Waals surface area contributed by atoms with Crippen LogP contribution in [0.15, 0.2) is 93.1 Å². The Hall–Kier alpha value is -2.46. The SMILES string of the molecule is CC.NC(=O)C(c1ccc(Br)cn1)c1c(Cl)cccc1Cl.O=c1ncn2cc(Br)ccc2c1-c1c(Cl)cccc1Cl. The van der Waals surface area contributed by atoms with Crippen molar-refractivity contribution in [1.29, 1.82) is 0 Å². The van der Waals surface area contributed by atoms with Gasteiger partial charge in [-0.1, -0.05) is 72.4 Å². The molecule has 0 spiro atoms. The molecule has 0 saturated carbocycles. The molecule has 0 radical (unpaired) electrons. The van der Waals surface area contributed by atoms with Gasteiger partial charge >= 0.3 is 0 Å². The summed E-state index contributed by atoms with van der Waals surface area (Å²) < 4.78 is 3.44. The normalized spacial score (nSPS) is 11.1. The van der Waals surface area contributed by atoms with Gasteiger partial charge in [0.15, 0.2) is 0 Å². The molecular weight excluding hydrogens is 738 g/mol. The number of nitrogens with zero attached hydrogens (tertiary/aromatic N) is 3. The van der Waals surface area contributed by atoms with E-state index in [0.717, 1.165) is 8.95 Å². The van der Waals surface area contributed by atoms with Crippen molar-refractivity contribution in [3.63, 3.8) is 0 Å². The number of benzene rings is 2. The van der Waals surface area contributed by atoms with Crippen LogP contribution < -0.4 is 11.3 Å². The molecule has 0 fully saturated rings. The Morgan fingerprint density at radius 3 is 1.90 bits per heavy atom. The van der Waals surface area contributed by atoms with Crippen LogP contribution in [0.2, 0.25) is 20.1 Å². The minimum Gasteiger partial charge on any atom is -0.369 e. The van der Waals surface area contributed by atoms with E-state index in [1.54, 1.807) is 59.1 Å². The summed E-state index contributed by atoms with van der Waals surface area (Å²) in [5, 5.41) is 1.63. The van der Waals surface area contributed by atoms with Crippen molar-refractivity contribution in [2.45, 2.75) is 19.8 Å². The third-order valence-electron chi connectivity index (χ3n) is 5.54. The molecule has 2 N–H and O–H groups in total. The maximum absolute atomic E-state index is 12.2. The number of primary amides is 1. The zero-order valence-corrected chi connectivity index (χ0v) is 27.8. The van der Waals surface area contributed by atoms with Crippen LogP contribution in [-0.4, -0.2) is 20.3 Å². The van der Waals surface area contributed by atoms with Gasteiger partial charge in [0.05, 0.1) is 26.8 Å². The van der Waals surface area contributed by atoms with Gasteiger partial charge in [0.25, 0.3) is 5.56 Å². The van der Waals surface area contributed by atoms with Crippen molar-refractivity contribution >= 4 is 89.7 Å². The summed E-state index contributed by atoms with van der Waals surface area (Å²) in [6.07, 6.45) is 4.88. The van der Waals surface area contributed by atoms with Crippen molar-refractivity contribution in [2.75, 3.05) is 0 Å². The summed E-state index contributed by atoms with van der Waals surface area (Å²) >= 11 is 31.3. The molecule has 3 aromatic heterocycles. The van der Waals surface area contributed by atoms with E-state index in [1.807, 2.05) is 32.2 Å². The summed E-state index contributed by atoms with van der Waals surface area (Å²) in [6, 6.07) is 17.3. The summed E-state index contributed by atoms with van der Waals surface area (Å²) in [6.45, 7) is 4.00. The molecule has 12 heteroatoms. The van der Waals surface area contributed by atoms with Gasteiger partial charge in [-0.25, -0.2) is 0 Å². The second-order valence-corrected chi connectivity index (χ2v) is 11.5. The van der Waals surface area contributed by atoms with Gasteiger partial charge in [0.2, 0.25) is 5.91 Å². The largest absolute Gasteiger partial charge is 0.369 e. The predicted molar refractivity (Wildman–Crippen MR) is 175 cm³/mol. The Bertz CT molecular complexity index is 1710. The van der Waals surface area contributed by atoms with Gasteiger partial charge in [-0.3, -0.25) is 14.6 Å². The van der Waals surface area contributed by atoms with Gasteiger partial charge in [-0.2, -0.15) is 4.98 Å². The number of hydrogen-bond donors (Lipinski definition) is 1. The monoisotopic (exact) mass is 756 g/mol. The first-order chi connectivity index (χ1) is 19.6. The van der Waals surface area contributed by atoms with Crippen molar-refractivity contribution in [3.05, 3.63) is 130 Å². The summed E-state index contributed by atoms with van der Waals surface area (Å²) in [7, 11) is 0. The lowest BCUT2D eigenvalue weighted by molar-refractivity contribution is -0.118. The van der Waals surface area contributed by atoms with Crippen molar-refractivity contribution < 1.29 is 4.79 Å². The lowest BCUT2D eigenvalue weighted by Crippen LogP contribution is -2.23. The van der Waals surface area contributed by atoms with Crippen LogP contribution in [0.4, 0.5) is 0 Å². The molecular formula is C29H22Br2Cl4N4O2. The zero-order valence-electron chi connectivity index (χ0n) is 21.6. The van der Waals surface area contributed by atoms with E-state index >= 15 is 0 Å². The number of carbonyl (C=O) groups is 1. The number of pyridine rings is 2. The van der Waals surface area contributed by atoms with Crippen LogP contribution in [-0.2, 0) is 4.79 Å². The van der Waals surface area contributed by atoms with Crippen LogP contribution in [0, 0.1) is 0 Å². The van der Waals surface area contributed by atoms with Crippen LogP contribution >= 0.6 is 78.3 Å². The first-order valence-corrected chi connectivity index (χ1v) is 15.1. The highest BCUT2D eigenvalue weighted by atomic mass is 79.9. The number of nitrogens with two attached hydrogens (primary N) is 1. The molecule has 0 saturated heterocycles. The Kier molecular flexibility index (Phi) is 12.2. The average molecular weight is 760 g/mol. The standard InChI is InChI=1S/C14H7BrCl2N2O.C13H9BrCl2N2O.C2H6/c15-8-4-5-11-13(14(20)18-7-19(11)6-8)12-9(16)2-1-3-10(12)17;14-7-4-5-10(18-6-7)12(13(17)19)11-8(15)2-1-3-9(11)16;1-2/h1-7H;1-6,12H,(H2,17,19);1-2H3. The Labute approximate surface area is 273 Å². The molecule has 1 atom stereocenters. The number of hydrogen-bond acceptors (Lipinski definition) is 4. The number of halogens is 6. The summed E-state index contributed by atoms with van der Waals surface area (Å²) in [4.78, 5) is 32.0. The molecule has 3 heterocycles.